The number of β-amino-alcohol motifs (C(OH)–C–C–N with tert-alkyl or cyclic N) is 1. The van der Waals surface area contributed by atoms with Crippen LogP contribution in [-0.2, 0) is 0 Å². The number of ether oxygens (including phenoxy) is 1. The van der Waals surface area contributed by atoms with Gasteiger partial charge in [-0.25, -0.2) is 14.3 Å². The molecule has 4 rings (SSSR count). The molecule has 2 aromatic heterocycles. The number of hydrogen-bond acceptors (Lipinski definition) is 6. The molecule has 2 atom stereocenters. The van der Waals surface area contributed by atoms with Gasteiger partial charge in [0.1, 0.15) is 11.6 Å². The summed E-state index contributed by atoms with van der Waals surface area (Å²) in [5.41, 5.74) is 1.95. The number of aliphatic hydroxyl groups is 1. The summed E-state index contributed by atoms with van der Waals surface area (Å²) >= 11 is 0. The first-order valence-corrected chi connectivity index (χ1v) is 13.9. The van der Waals surface area contributed by atoms with Crippen molar-refractivity contribution in [2.24, 2.45) is 0 Å². The van der Waals surface area contributed by atoms with Crippen molar-refractivity contribution in [3.8, 4) is 17.1 Å². The van der Waals surface area contributed by atoms with Gasteiger partial charge < -0.3 is 25.0 Å². The average molecular weight is 525 g/mol. The highest BCUT2D eigenvalue weighted by Gasteiger charge is 2.25. The molecule has 1 aliphatic heterocycles. The van der Waals surface area contributed by atoms with Crippen molar-refractivity contribution in [2.45, 2.75) is 84.7 Å². The zero-order valence-corrected chi connectivity index (χ0v) is 22.9. The predicted molar refractivity (Wildman–Crippen MR) is 148 cm³/mol. The molecule has 2 unspecified atom stereocenters. The summed E-state index contributed by atoms with van der Waals surface area (Å²) in [6, 6.07) is 4.99. The Hall–Kier alpha value is -3.40. The highest BCUT2D eigenvalue weighted by molar-refractivity contribution is 5.90. The Morgan fingerprint density at radius 1 is 1.26 bits per heavy atom. The smallest absolute Gasteiger partial charge is 0.321 e. The second-order valence-electron chi connectivity index (χ2n) is 10.0. The van der Waals surface area contributed by atoms with Crippen LogP contribution >= 0.6 is 0 Å². The molecule has 1 fully saturated rings. The third-order valence-electron chi connectivity index (χ3n) is 7.20. The summed E-state index contributed by atoms with van der Waals surface area (Å²) in [7, 11) is 0. The molecule has 0 saturated carbocycles. The number of unbranched alkanes of at least 4 members (excludes halogenated alkanes) is 3. The molecule has 0 bridgehead atoms. The van der Waals surface area contributed by atoms with Gasteiger partial charge in [-0.15, -0.1) is 5.10 Å². The summed E-state index contributed by atoms with van der Waals surface area (Å²) < 4.78 is 7.55. The van der Waals surface area contributed by atoms with E-state index in [9.17, 15) is 14.7 Å². The molecule has 1 aliphatic rings. The third-order valence-corrected chi connectivity index (χ3v) is 7.20. The number of urea groups is 1. The first kappa shape index (κ1) is 27.6. The van der Waals surface area contributed by atoms with Crippen LogP contribution in [0.5, 0.6) is 5.75 Å². The lowest BCUT2D eigenvalue weighted by molar-refractivity contribution is 0.176. The van der Waals surface area contributed by atoms with E-state index in [4.69, 9.17) is 14.8 Å². The summed E-state index contributed by atoms with van der Waals surface area (Å²) in [5, 5.41) is 17.5. The van der Waals surface area contributed by atoms with Crippen molar-refractivity contribution in [1.29, 1.82) is 0 Å². The Bertz CT molecular complexity index is 1320. The van der Waals surface area contributed by atoms with Crippen molar-refractivity contribution in [3.63, 3.8) is 0 Å². The van der Waals surface area contributed by atoms with E-state index in [2.05, 4.69) is 24.1 Å². The van der Waals surface area contributed by atoms with Gasteiger partial charge in [0.25, 0.3) is 5.56 Å². The summed E-state index contributed by atoms with van der Waals surface area (Å²) in [4.78, 5) is 35.3. The maximum atomic E-state index is 13.3. The number of nitrogens with zero attached hydrogens (tertiary/aromatic N) is 4. The van der Waals surface area contributed by atoms with Gasteiger partial charge in [0.2, 0.25) is 0 Å². The van der Waals surface area contributed by atoms with Gasteiger partial charge in [0, 0.05) is 24.7 Å². The third kappa shape index (κ3) is 6.01. The average Bonchev–Trinajstić information content (AvgIpc) is 3.48. The molecule has 3 heterocycles. The van der Waals surface area contributed by atoms with E-state index in [1.54, 1.807) is 27.6 Å². The molecular formula is C28H40N6O4. The van der Waals surface area contributed by atoms with Crippen LogP contribution in [0.3, 0.4) is 0 Å². The number of aryl methyl sites for hydroxylation is 1. The molecule has 3 aromatic rings. The van der Waals surface area contributed by atoms with Crippen LogP contribution in [0.25, 0.3) is 16.9 Å². The summed E-state index contributed by atoms with van der Waals surface area (Å²) in [5.74, 6) is 1.90. The van der Waals surface area contributed by atoms with E-state index < -0.39 is 6.10 Å². The van der Waals surface area contributed by atoms with Crippen LogP contribution < -0.4 is 15.6 Å². The van der Waals surface area contributed by atoms with Crippen molar-refractivity contribution < 1.29 is 14.6 Å². The minimum absolute atomic E-state index is 0.197. The van der Waals surface area contributed by atoms with Crippen molar-refractivity contribution in [3.05, 3.63) is 40.1 Å². The second-order valence-corrected chi connectivity index (χ2v) is 10.0. The van der Waals surface area contributed by atoms with Gasteiger partial charge >= 0.3 is 6.03 Å². The molecule has 0 radical (unpaired) electrons. The number of likely N-dealkylation sites (tertiary alicyclic amines) is 1. The number of H-pyrrole nitrogens is 1. The zero-order valence-electron chi connectivity index (χ0n) is 22.9. The van der Waals surface area contributed by atoms with Gasteiger partial charge in [-0.05, 0) is 51.3 Å². The number of nitrogens with one attached hydrogen (secondary N) is 2. The van der Waals surface area contributed by atoms with Crippen molar-refractivity contribution in [1.82, 2.24) is 24.5 Å². The lowest BCUT2D eigenvalue weighted by atomic mass is 9.97. The van der Waals surface area contributed by atoms with Crippen LogP contribution in [0.15, 0.2) is 23.0 Å². The van der Waals surface area contributed by atoms with Gasteiger partial charge in [0.05, 0.1) is 24.0 Å². The number of carbonyl (C=O) groups is 1. The first-order valence-electron chi connectivity index (χ1n) is 13.9. The molecule has 10 heteroatoms. The largest absolute Gasteiger partial charge is 0.493 e. The number of benzene rings is 1. The van der Waals surface area contributed by atoms with Crippen LogP contribution in [-0.4, -0.2) is 61.4 Å². The maximum absolute atomic E-state index is 13.3. The normalized spacial score (nSPS) is 16.2. The van der Waals surface area contributed by atoms with Crippen LogP contribution in [0.4, 0.5) is 10.5 Å². The Morgan fingerprint density at radius 3 is 2.76 bits per heavy atom. The zero-order chi connectivity index (χ0) is 27.2. The number of imidazole rings is 1. The minimum Gasteiger partial charge on any atom is -0.493 e. The molecule has 2 amide bonds. The molecule has 1 aromatic carbocycles. The fraction of sp³-hybridized carbons (Fsp3) is 0.571. The van der Waals surface area contributed by atoms with Crippen molar-refractivity contribution in [2.75, 3.05) is 25.0 Å². The second kappa shape index (κ2) is 12.4. The fourth-order valence-electron chi connectivity index (χ4n) is 5.12. The number of carbonyl (C=O) groups excluding carboxylic acids is 1. The van der Waals surface area contributed by atoms with E-state index in [1.165, 1.54) is 19.3 Å². The molecule has 3 N–H and O–H groups in total. The Kier molecular flexibility index (Phi) is 9.04. The van der Waals surface area contributed by atoms with Gasteiger partial charge in [0.15, 0.2) is 11.3 Å². The minimum atomic E-state index is -0.496. The number of hydrogen-bond donors (Lipinski definition) is 3. The van der Waals surface area contributed by atoms with Crippen LogP contribution in [0.2, 0.25) is 0 Å². The van der Waals surface area contributed by atoms with E-state index in [-0.39, 0.29) is 17.5 Å². The quantitative estimate of drug-likeness (QED) is 0.308. The number of amides is 2. The molecule has 206 valence electrons. The first-order chi connectivity index (χ1) is 18.4. The highest BCUT2D eigenvalue weighted by Crippen LogP contribution is 2.32. The van der Waals surface area contributed by atoms with E-state index in [0.717, 1.165) is 25.1 Å². The Labute approximate surface area is 223 Å². The molecular weight excluding hydrogens is 484 g/mol. The van der Waals surface area contributed by atoms with Gasteiger partial charge in [-0.3, -0.25) is 4.79 Å². The Morgan fingerprint density at radius 2 is 2.08 bits per heavy atom. The topological polar surface area (TPSA) is 125 Å². The molecule has 0 aliphatic carbocycles. The summed E-state index contributed by atoms with van der Waals surface area (Å²) in [6.45, 7) is 9.32. The maximum Gasteiger partial charge on any atom is 0.321 e. The molecule has 38 heavy (non-hydrogen) atoms. The molecule has 1 saturated heterocycles. The van der Waals surface area contributed by atoms with Crippen molar-refractivity contribution >= 4 is 17.2 Å². The van der Waals surface area contributed by atoms with E-state index in [1.807, 2.05) is 13.8 Å². The van der Waals surface area contributed by atoms with Gasteiger partial charge in [-0.1, -0.05) is 39.5 Å². The van der Waals surface area contributed by atoms with Crippen LogP contribution in [0, 0.1) is 6.92 Å². The molecule has 0 spiro atoms. The number of aromatic nitrogens is 4. The lowest BCUT2D eigenvalue weighted by Crippen LogP contribution is -2.33. The highest BCUT2D eigenvalue weighted by atomic mass is 16.5. The lowest BCUT2D eigenvalue weighted by Gasteiger charge is -2.18. The molecule has 10 nitrogen and oxygen atoms in total. The number of aliphatic hydroxyl groups excluding tert-OH is 1. The number of aromatic amines is 1. The van der Waals surface area contributed by atoms with Crippen LogP contribution in [0.1, 0.15) is 83.2 Å². The number of anilines is 1. The van der Waals surface area contributed by atoms with Gasteiger partial charge in [-0.2, -0.15) is 0 Å². The predicted octanol–water partition coefficient (Wildman–Crippen LogP) is 4.85. The van der Waals surface area contributed by atoms with E-state index in [0.29, 0.717) is 60.2 Å². The Balaban J connectivity index is 1.71. The standard InChI is InChI=1S/C28H40N6O4/c1-5-8-9-10-11-19(6-2)26-29-18(4)24-27(36)31-25(32-34(24)26)22-16-20(12-13-23(22)38-7-3)30-28(37)33-15-14-21(35)17-33/h12-13,16,19,21,35H,5-11,14-15,17H2,1-4H3,(H,30,37)(H,31,32,36). The fourth-order valence-corrected chi connectivity index (χ4v) is 5.12. The number of fused-ring (bicyclic) bond motifs is 1. The summed E-state index contributed by atoms with van der Waals surface area (Å²) in [6.07, 6.45) is 6.67. The van der Waals surface area contributed by atoms with E-state index >= 15 is 0 Å². The number of rotatable bonds is 11. The SMILES string of the molecule is CCCCCCC(CC)c1nc(C)c2c(=O)[nH]c(-c3cc(NC(=O)N4CCC(O)C4)ccc3OCC)nn12. The monoisotopic (exact) mass is 524 g/mol.